The molecule has 0 atom stereocenters. The van der Waals surface area contributed by atoms with Crippen LogP contribution < -0.4 is 20.5 Å². The van der Waals surface area contributed by atoms with Crippen LogP contribution in [0.4, 0.5) is 11.4 Å². The molecule has 1 amide bonds. The van der Waals surface area contributed by atoms with Crippen molar-refractivity contribution in [2.45, 2.75) is 18.9 Å². The lowest BCUT2D eigenvalue weighted by Crippen LogP contribution is -2.35. The number of ether oxygens (including phenoxy) is 2. The minimum absolute atomic E-state index is 0.0294. The summed E-state index contributed by atoms with van der Waals surface area (Å²) < 4.78 is 11.3. The van der Waals surface area contributed by atoms with Crippen LogP contribution in [0, 0.1) is 0 Å². The first-order chi connectivity index (χ1) is 9.61. The molecule has 6 nitrogen and oxygen atoms in total. The summed E-state index contributed by atoms with van der Waals surface area (Å²) in [6.07, 6.45) is 2.14. The van der Waals surface area contributed by atoms with Crippen molar-refractivity contribution in [3.8, 4) is 11.5 Å². The van der Waals surface area contributed by atoms with Crippen molar-refractivity contribution in [3.63, 3.8) is 0 Å². The van der Waals surface area contributed by atoms with Gasteiger partial charge in [0, 0.05) is 25.2 Å². The first-order valence-electron chi connectivity index (χ1n) is 6.83. The Hall–Kier alpha value is -1.95. The van der Waals surface area contributed by atoms with Crippen LogP contribution in [-0.2, 0) is 4.79 Å². The van der Waals surface area contributed by atoms with E-state index in [1.54, 1.807) is 12.1 Å². The molecule has 0 bridgehead atoms. The topological polar surface area (TPSA) is 76.8 Å². The third-order valence-electron chi connectivity index (χ3n) is 3.70. The normalized spacial score (nSPS) is 19.9. The number of nitrogens with one attached hydrogen (secondary N) is 1. The molecule has 0 aliphatic carbocycles. The van der Waals surface area contributed by atoms with E-state index in [-0.39, 0.29) is 18.6 Å². The second kappa shape index (κ2) is 5.20. The van der Waals surface area contributed by atoms with Gasteiger partial charge in [0.15, 0.2) is 6.61 Å². The highest BCUT2D eigenvalue weighted by atomic mass is 16.5. The maximum absolute atomic E-state index is 11.3. The van der Waals surface area contributed by atoms with Gasteiger partial charge in [-0.3, -0.25) is 4.79 Å². The number of rotatable bonds is 2. The number of hydrogen-bond acceptors (Lipinski definition) is 5. The number of likely N-dealkylation sites (tertiary alicyclic amines) is 1. The second-order valence-corrected chi connectivity index (χ2v) is 5.34. The van der Waals surface area contributed by atoms with Crippen molar-refractivity contribution in [1.29, 1.82) is 0 Å². The Morgan fingerprint density at radius 2 is 2.15 bits per heavy atom. The highest BCUT2D eigenvalue weighted by Gasteiger charge is 2.22. The molecule has 0 radical (unpaired) electrons. The van der Waals surface area contributed by atoms with E-state index in [9.17, 15) is 4.79 Å². The molecule has 1 aromatic rings. The van der Waals surface area contributed by atoms with Crippen LogP contribution in [0.2, 0.25) is 0 Å². The van der Waals surface area contributed by atoms with Gasteiger partial charge in [-0.2, -0.15) is 0 Å². The predicted molar refractivity (Wildman–Crippen MR) is 76.1 cm³/mol. The van der Waals surface area contributed by atoms with Crippen LogP contribution >= 0.6 is 0 Å². The molecule has 0 spiro atoms. The lowest BCUT2D eigenvalue weighted by atomic mass is 10.1. The van der Waals surface area contributed by atoms with Gasteiger partial charge in [0.25, 0.3) is 5.91 Å². The van der Waals surface area contributed by atoms with Gasteiger partial charge >= 0.3 is 0 Å². The molecule has 0 unspecified atom stereocenters. The highest BCUT2D eigenvalue weighted by molar-refractivity contribution is 5.96. The summed E-state index contributed by atoms with van der Waals surface area (Å²) in [4.78, 5) is 13.6. The Balaban J connectivity index is 1.76. The van der Waals surface area contributed by atoms with E-state index in [0.717, 1.165) is 25.9 Å². The Kier molecular flexibility index (Phi) is 3.40. The number of benzene rings is 1. The number of fused-ring (bicyclic) bond motifs is 1. The fourth-order valence-corrected chi connectivity index (χ4v) is 2.51. The van der Waals surface area contributed by atoms with Gasteiger partial charge < -0.3 is 25.4 Å². The molecule has 2 heterocycles. The van der Waals surface area contributed by atoms with E-state index in [2.05, 4.69) is 17.3 Å². The fraction of sp³-hybridized carbons (Fsp3) is 0.500. The Labute approximate surface area is 117 Å². The smallest absolute Gasteiger partial charge is 0.262 e. The van der Waals surface area contributed by atoms with Crippen molar-refractivity contribution in [1.82, 2.24) is 4.90 Å². The van der Waals surface area contributed by atoms with E-state index >= 15 is 0 Å². The average Bonchev–Trinajstić information content (AvgIpc) is 2.42. The summed E-state index contributed by atoms with van der Waals surface area (Å²) in [7, 11) is 2.11. The number of nitrogens with zero attached hydrogens (tertiary/aromatic N) is 1. The van der Waals surface area contributed by atoms with Crippen molar-refractivity contribution >= 4 is 17.3 Å². The molecule has 1 saturated heterocycles. The average molecular weight is 277 g/mol. The van der Waals surface area contributed by atoms with Gasteiger partial charge in [-0.15, -0.1) is 0 Å². The van der Waals surface area contributed by atoms with E-state index in [1.165, 1.54) is 0 Å². The van der Waals surface area contributed by atoms with Crippen LogP contribution in [0.3, 0.4) is 0 Å². The van der Waals surface area contributed by atoms with Gasteiger partial charge in [-0.25, -0.2) is 0 Å². The maximum Gasteiger partial charge on any atom is 0.262 e. The quantitative estimate of drug-likeness (QED) is 0.791. The molecule has 2 aliphatic rings. The third kappa shape index (κ3) is 2.65. The number of nitrogen functional groups attached to an aromatic ring is 1. The first kappa shape index (κ1) is 13.1. The molecule has 20 heavy (non-hydrogen) atoms. The third-order valence-corrected chi connectivity index (χ3v) is 3.70. The minimum Gasteiger partial charge on any atom is -0.488 e. The Bertz CT molecular complexity index is 525. The van der Waals surface area contributed by atoms with Crippen LogP contribution in [0.25, 0.3) is 0 Å². The summed E-state index contributed by atoms with van der Waals surface area (Å²) in [5.74, 6) is 1.05. The van der Waals surface area contributed by atoms with Crippen molar-refractivity contribution < 1.29 is 14.3 Å². The van der Waals surface area contributed by atoms with Crippen LogP contribution in [0.15, 0.2) is 12.1 Å². The first-order valence-corrected chi connectivity index (χ1v) is 6.83. The zero-order valence-corrected chi connectivity index (χ0v) is 11.5. The van der Waals surface area contributed by atoms with E-state index < -0.39 is 0 Å². The zero-order valence-electron chi connectivity index (χ0n) is 11.5. The monoisotopic (exact) mass is 277 g/mol. The molecule has 1 aromatic carbocycles. The lowest BCUT2D eigenvalue weighted by molar-refractivity contribution is -0.118. The molecule has 1 fully saturated rings. The SMILES string of the molecule is CN1CCC(Oc2cc3c(cc2N)OCC(=O)N3)CC1. The molecular formula is C14H19N3O3. The van der Waals surface area contributed by atoms with Gasteiger partial charge in [0.05, 0.1) is 11.4 Å². The summed E-state index contributed by atoms with van der Waals surface area (Å²) in [6, 6.07) is 3.46. The largest absolute Gasteiger partial charge is 0.488 e. The van der Waals surface area contributed by atoms with Gasteiger partial charge in [-0.05, 0) is 19.9 Å². The van der Waals surface area contributed by atoms with E-state index in [0.29, 0.717) is 22.9 Å². The molecule has 0 aromatic heterocycles. The van der Waals surface area contributed by atoms with E-state index in [1.807, 2.05) is 0 Å². The molecule has 3 N–H and O–H groups in total. The summed E-state index contributed by atoms with van der Waals surface area (Å²) >= 11 is 0. The number of carbonyl (C=O) groups excluding carboxylic acids is 1. The maximum atomic E-state index is 11.3. The Morgan fingerprint density at radius 3 is 2.90 bits per heavy atom. The summed E-state index contributed by atoms with van der Waals surface area (Å²) in [5, 5.41) is 2.76. The number of anilines is 2. The van der Waals surface area contributed by atoms with Crippen molar-refractivity contribution in [2.75, 3.05) is 37.8 Å². The molecule has 108 valence electrons. The molecule has 0 saturated carbocycles. The van der Waals surface area contributed by atoms with Gasteiger partial charge in [0.2, 0.25) is 0 Å². The zero-order chi connectivity index (χ0) is 14.1. The number of nitrogens with two attached hydrogens (primary N) is 1. The Morgan fingerprint density at radius 1 is 1.40 bits per heavy atom. The van der Waals surface area contributed by atoms with Crippen LogP contribution in [0.1, 0.15) is 12.8 Å². The van der Waals surface area contributed by atoms with Crippen LogP contribution in [-0.4, -0.2) is 43.7 Å². The van der Waals surface area contributed by atoms with Gasteiger partial charge in [-0.1, -0.05) is 0 Å². The molecule has 2 aliphatic heterocycles. The fourth-order valence-electron chi connectivity index (χ4n) is 2.51. The van der Waals surface area contributed by atoms with Gasteiger partial charge in [0.1, 0.15) is 17.6 Å². The second-order valence-electron chi connectivity index (χ2n) is 5.34. The van der Waals surface area contributed by atoms with Crippen molar-refractivity contribution in [2.24, 2.45) is 0 Å². The predicted octanol–water partition coefficient (Wildman–Crippen LogP) is 1.07. The lowest BCUT2D eigenvalue weighted by Gasteiger charge is -2.30. The standard InChI is InChI=1S/C14H19N3O3/c1-17-4-2-9(3-5-17)20-12-7-11-13(6-10(12)15)19-8-14(18)16-11/h6-7,9H,2-5,8,15H2,1H3,(H,16,18). The number of hydrogen-bond donors (Lipinski definition) is 2. The number of piperidine rings is 1. The van der Waals surface area contributed by atoms with E-state index in [4.69, 9.17) is 15.2 Å². The van der Waals surface area contributed by atoms with Crippen LogP contribution in [0.5, 0.6) is 11.5 Å². The number of amides is 1. The van der Waals surface area contributed by atoms with Crippen molar-refractivity contribution in [3.05, 3.63) is 12.1 Å². The number of carbonyl (C=O) groups is 1. The molecule has 3 rings (SSSR count). The summed E-state index contributed by atoms with van der Waals surface area (Å²) in [6.45, 7) is 2.08. The summed E-state index contributed by atoms with van der Waals surface area (Å²) in [5.41, 5.74) is 7.16. The molecule has 6 heteroatoms. The highest BCUT2D eigenvalue weighted by Crippen LogP contribution is 2.37. The molecular weight excluding hydrogens is 258 g/mol. The minimum atomic E-state index is -0.160.